The van der Waals surface area contributed by atoms with E-state index in [1.165, 1.54) is 12.8 Å². The van der Waals surface area contributed by atoms with Crippen molar-refractivity contribution in [1.82, 2.24) is 4.98 Å². The molecule has 1 fully saturated rings. The average Bonchev–Trinajstić information content (AvgIpc) is 2.74. The van der Waals surface area contributed by atoms with Crippen LogP contribution < -0.4 is 11.1 Å². The van der Waals surface area contributed by atoms with Crippen LogP contribution in [0, 0.1) is 11.8 Å². The minimum absolute atomic E-state index is 0.302. The predicted octanol–water partition coefficient (Wildman–Crippen LogP) is 1.48. The maximum Gasteiger partial charge on any atom is 0.128 e. The van der Waals surface area contributed by atoms with Gasteiger partial charge < -0.3 is 16.2 Å². The van der Waals surface area contributed by atoms with Gasteiger partial charge in [-0.25, -0.2) is 4.98 Å². The van der Waals surface area contributed by atoms with Gasteiger partial charge in [0.05, 0.1) is 0 Å². The van der Waals surface area contributed by atoms with Gasteiger partial charge in [0, 0.05) is 13.2 Å². The van der Waals surface area contributed by atoms with Crippen molar-refractivity contribution in [3.8, 4) is 0 Å². The first kappa shape index (κ1) is 11.2. The normalized spacial score (nSPS) is 24.6. The van der Waals surface area contributed by atoms with Crippen molar-refractivity contribution in [2.24, 2.45) is 11.8 Å². The first-order valence-corrected chi connectivity index (χ1v) is 5.87. The quantitative estimate of drug-likeness (QED) is 0.720. The largest absolute Gasteiger partial charge is 0.396 e. The highest BCUT2D eigenvalue weighted by Crippen LogP contribution is 2.31. The van der Waals surface area contributed by atoms with Crippen molar-refractivity contribution in [1.29, 1.82) is 0 Å². The number of rotatable bonds is 4. The van der Waals surface area contributed by atoms with Crippen molar-refractivity contribution in [2.45, 2.75) is 19.3 Å². The Bertz CT molecular complexity index is 343. The van der Waals surface area contributed by atoms with Crippen LogP contribution in [0.2, 0.25) is 0 Å². The molecule has 16 heavy (non-hydrogen) atoms. The lowest BCUT2D eigenvalue weighted by Gasteiger charge is -2.18. The molecule has 2 atom stereocenters. The molecule has 0 aromatic carbocycles. The lowest BCUT2D eigenvalue weighted by Crippen LogP contribution is -2.21. The molecular weight excluding hydrogens is 202 g/mol. The SMILES string of the molecule is Nc1cccc(NCC2CCCC2CO)n1. The van der Waals surface area contributed by atoms with Crippen LogP contribution in [0.5, 0.6) is 0 Å². The Labute approximate surface area is 95.9 Å². The molecule has 1 heterocycles. The van der Waals surface area contributed by atoms with Gasteiger partial charge in [0.2, 0.25) is 0 Å². The lowest BCUT2D eigenvalue weighted by molar-refractivity contribution is 0.199. The van der Waals surface area contributed by atoms with Gasteiger partial charge in [0.1, 0.15) is 11.6 Å². The summed E-state index contributed by atoms with van der Waals surface area (Å²) in [7, 11) is 0. The van der Waals surface area contributed by atoms with Gasteiger partial charge in [-0.15, -0.1) is 0 Å². The molecule has 0 radical (unpaired) electrons. The zero-order valence-corrected chi connectivity index (χ0v) is 9.39. The van der Waals surface area contributed by atoms with Gasteiger partial charge in [-0.2, -0.15) is 0 Å². The van der Waals surface area contributed by atoms with Crippen molar-refractivity contribution >= 4 is 11.6 Å². The van der Waals surface area contributed by atoms with E-state index in [0.717, 1.165) is 18.8 Å². The van der Waals surface area contributed by atoms with Crippen molar-refractivity contribution in [2.75, 3.05) is 24.2 Å². The van der Waals surface area contributed by atoms with E-state index in [1.54, 1.807) is 6.07 Å². The van der Waals surface area contributed by atoms with Crippen LogP contribution in [-0.4, -0.2) is 23.2 Å². The highest BCUT2D eigenvalue weighted by molar-refractivity contribution is 5.42. The Balaban J connectivity index is 1.87. The van der Waals surface area contributed by atoms with E-state index in [9.17, 15) is 5.11 Å². The summed E-state index contributed by atoms with van der Waals surface area (Å²) in [6.45, 7) is 1.18. The number of aliphatic hydroxyl groups excluding tert-OH is 1. The van der Waals surface area contributed by atoms with Crippen LogP contribution >= 0.6 is 0 Å². The number of anilines is 2. The second-order valence-electron chi connectivity index (χ2n) is 4.46. The molecular formula is C12H19N3O. The zero-order valence-electron chi connectivity index (χ0n) is 9.39. The molecule has 1 saturated carbocycles. The van der Waals surface area contributed by atoms with Crippen LogP contribution in [0.25, 0.3) is 0 Å². The Kier molecular flexibility index (Phi) is 3.62. The Morgan fingerprint density at radius 2 is 2.19 bits per heavy atom. The van der Waals surface area contributed by atoms with Gasteiger partial charge in [0.25, 0.3) is 0 Å². The molecule has 0 saturated heterocycles. The summed E-state index contributed by atoms with van der Waals surface area (Å²) in [5.74, 6) is 2.38. The molecule has 4 N–H and O–H groups in total. The predicted molar refractivity (Wildman–Crippen MR) is 65.1 cm³/mol. The van der Waals surface area contributed by atoms with Crippen LogP contribution in [0.3, 0.4) is 0 Å². The highest BCUT2D eigenvalue weighted by Gasteiger charge is 2.26. The van der Waals surface area contributed by atoms with E-state index in [0.29, 0.717) is 24.3 Å². The summed E-state index contributed by atoms with van der Waals surface area (Å²) in [6, 6.07) is 5.58. The third-order valence-electron chi connectivity index (χ3n) is 3.37. The summed E-state index contributed by atoms with van der Waals surface area (Å²) >= 11 is 0. The fourth-order valence-corrected chi connectivity index (χ4v) is 2.41. The maximum atomic E-state index is 9.21. The van der Waals surface area contributed by atoms with Crippen molar-refractivity contribution < 1.29 is 5.11 Å². The monoisotopic (exact) mass is 221 g/mol. The number of aromatic nitrogens is 1. The minimum Gasteiger partial charge on any atom is -0.396 e. The number of hydrogen-bond donors (Lipinski definition) is 3. The molecule has 0 amide bonds. The van der Waals surface area contributed by atoms with E-state index in [2.05, 4.69) is 10.3 Å². The number of pyridine rings is 1. The standard InChI is InChI=1S/C12H19N3O/c13-11-5-2-6-12(15-11)14-7-9-3-1-4-10(9)8-16/h2,5-6,9-10,16H,1,3-4,7-8H2,(H3,13,14,15). The molecule has 1 aliphatic carbocycles. The van der Waals surface area contributed by atoms with Crippen LogP contribution in [0.15, 0.2) is 18.2 Å². The Morgan fingerprint density at radius 3 is 2.94 bits per heavy atom. The molecule has 0 bridgehead atoms. The second kappa shape index (κ2) is 5.16. The minimum atomic E-state index is 0.302. The van der Waals surface area contributed by atoms with Crippen molar-refractivity contribution in [3.05, 3.63) is 18.2 Å². The summed E-state index contributed by atoms with van der Waals surface area (Å²) < 4.78 is 0. The van der Waals surface area contributed by atoms with Gasteiger partial charge in [0.15, 0.2) is 0 Å². The molecule has 2 rings (SSSR count). The molecule has 4 nitrogen and oxygen atoms in total. The maximum absolute atomic E-state index is 9.21. The fourth-order valence-electron chi connectivity index (χ4n) is 2.41. The number of nitrogen functional groups attached to an aromatic ring is 1. The van der Waals surface area contributed by atoms with Gasteiger partial charge >= 0.3 is 0 Å². The number of nitrogens with zero attached hydrogens (tertiary/aromatic N) is 1. The number of aliphatic hydroxyl groups is 1. The topological polar surface area (TPSA) is 71.2 Å². The van der Waals surface area contributed by atoms with E-state index in [-0.39, 0.29) is 0 Å². The Morgan fingerprint density at radius 1 is 1.38 bits per heavy atom. The molecule has 2 unspecified atom stereocenters. The molecule has 4 heteroatoms. The van der Waals surface area contributed by atoms with Crippen LogP contribution in [-0.2, 0) is 0 Å². The van der Waals surface area contributed by atoms with Crippen molar-refractivity contribution in [3.63, 3.8) is 0 Å². The molecule has 1 aromatic heterocycles. The van der Waals surface area contributed by atoms with Gasteiger partial charge in [-0.05, 0) is 36.8 Å². The molecule has 1 aromatic rings. The van der Waals surface area contributed by atoms with Gasteiger partial charge in [-0.1, -0.05) is 12.5 Å². The fraction of sp³-hybridized carbons (Fsp3) is 0.583. The molecule has 0 aliphatic heterocycles. The van der Waals surface area contributed by atoms with E-state index < -0.39 is 0 Å². The summed E-state index contributed by atoms with van der Waals surface area (Å²) in [6.07, 6.45) is 3.57. The van der Waals surface area contributed by atoms with Gasteiger partial charge in [-0.3, -0.25) is 0 Å². The first-order valence-electron chi connectivity index (χ1n) is 5.87. The van der Waals surface area contributed by atoms with Crippen LogP contribution in [0.4, 0.5) is 11.6 Å². The average molecular weight is 221 g/mol. The summed E-state index contributed by atoms with van der Waals surface area (Å²) in [5, 5.41) is 12.5. The van der Waals surface area contributed by atoms with E-state index >= 15 is 0 Å². The van der Waals surface area contributed by atoms with Crippen LogP contribution in [0.1, 0.15) is 19.3 Å². The van der Waals surface area contributed by atoms with E-state index in [1.807, 2.05) is 12.1 Å². The summed E-state index contributed by atoms with van der Waals surface area (Å²) in [5.41, 5.74) is 5.60. The number of hydrogen-bond acceptors (Lipinski definition) is 4. The lowest BCUT2D eigenvalue weighted by atomic mass is 9.97. The van der Waals surface area contributed by atoms with E-state index in [4.69, 9.17) is 5.73 Å². The molecule has 1 aliphatic rings. The number of nitrogens with two attached hydrogens (primary N) is 1. The molecule has 0 spiro atoms. The Hall–Kier alpha value is -1.29. The second-order valence-corrected chi connectivity index (χ2v) is 4.46. The zero-order chi connectivity index (χ0) is 11.4. The smallest absolute Gasteiger partial charge is 0.128 e. The summed E-state index contributed by atoms with van der Waals surface area (Å²) in [4.78, 5) is 4.19. The number of nitrogens with one attached hydrogen (secondary N) is 1. The third-order valence-corrected chi connectivity index (χ3v) is 3.37. The third kappa shape index (κ3) is 2.64. The molecule has 88 valence electrons. The first-order chi connectivity index (χ1) is 7.79. The highest BCUT2D eigenvalue weighted by atomic mass is 16.3.